The van der Waals surface area contributed by atoms with E-state index in [0.717, 1.165) is 58.4 Å². The number of ether oxygens (including phenoxy) is 1. The Morgan fingerprint density at radius 2 is 1.72 bits per heavy atom. The largest absolute Gasteiger partial charge is 0.379 e. The van der Waals surface area contributed by atoms with Gasteiger partial charge < -0.3 is 15.4 Å². The molecule has 1 unspecified atom stereocenters. The maximum atomic E-state index is 5.49. The molecule has 3 rings (SSSR count). The molecule has 6 heteroatoms. The lowest BCUT2D eigenvalue weighted by Gasteiger charge is -2.27. The number of likely N-dealkylation sites (N-methyl/N-ethyl adjacent to an activating group) is 1. The van der Waals surface area contributed by atoms with Crippen molar-refractivity contribution < 1.29 is 4.74 Å². The molecule has 1 atom stereocenters. The van der Waals surface area contributed by atoms with Gasteiger partial charge in [-0.25, -0.2) is 4.99 Å². The van der Waals surface area contributed by atoms with Crippen LogP contribution in [0.4, 0.5) is 0 Å². The number of nitrogens with one attached hydrogen (secondary N) is 2. The summed E-state index contributed by atoms with van der Waals surface area (Å²) in [6.45, 7) is 12.2. The number of benzene rings is 2. The fourth-order valence-corrected chi connectivity index (χ4v) is 3.80. The van der Waals surface area contributed by atoms with Gasteiger partial charge in [-0.2, -0.15) is 0 Å². The zero-order valence-corrected chi connectivity index (χ0v) is 19.9. The molecule has 0 bridgehead atoms. The summed E-state index contributed by atoms with van der Waals surface area (Å²) in [5.41, 5.74) is 3.97. The maximum absolute atomic E-state index is 5.49. The number of aliphatic imine (C=N–C) groups is 1. The molecule has 1 saturated heterocycles. The molecule has 6 nitrogen and oxygen atoms in total. The highest BCUT2D eigenvalue weighted by atomic mass is 16.5. The maximum Gasteiger partial charge on any atom is 0.191 e. The summed E-state index contributed by atoms with van der Waals surface area (Å²) in [7, 11) is 2.17. The summed E-state index contributed by atoms with van der Waals surface area (Å²) in [5.74, 6) is 0.869. The lowest BCUT2D eigenvalue weighted by Crippen LogP contribution is -2.44. The molecule has 174 valence electrons. The predicted molar refractivity (Wildman–Crippen MR) is 133 cm³/mol. The van der Waals surface area contributed by atoms with E-state index in [1.54, 1.807) is 0 Å². The van der Waals surface area contributed by atoms with Crippen LogP contribution in [-0.4, -0.2) is 68.2 Å². The van der Waals surface area contributed by atoms with Gasteiger partial charge in [0.1, 0.15) is 0 Å². The van der Waals surface area contributed by atoms with Crippen molar-refractivity contribution in [3.05, 3.63) is 71.3 Å². The summed E-state index contributed by atoms with van der Waals surface area (Å²) in [5, 5.41) is 6.92. The molecule has 1 aliphatic rings. The van der Waals surface area contributed by atoms with Gasteiger partial charge in [-0.3, -0.25) is 9.80 Å². The van der Waals surface area contributed by atoms with Gasteiger partial charge in [0.05, 0.1) is 19.8 Å². The van der Waals surface area contributed by atoms with Crippen molar-refractivity contribution in [2.75, 3.05) is 46.4 Å². The molecule has 32 heavy (non-hydrogen) atoms. The van der Waals surface area contributed by atoms with Crippen LogP contribution in [0.3, 0.4) is 0 Å². The summed E-state index contributed by atoms with van der Waals surface area (Å²) in [6, 6.07) is 19.6. The zero-order chi connectivity index (χ0) is 22.6. The number of hydrogen-bond donors (Lipinski definition) is 2. The van der Waals surface area contributed by atoms with Gasteiger partial charge in [-0.05, 0) is 37.6 Å². The predicted octanol–water partition coefficient (Wildman–Crippen LogP) is 3.09. The van der Waals surface area contributed by atoms with E-state index in [1.807, 2.05) is 0 Å². The standard InChI is InChI=1S/C26H39N5O/c1-4-27-26(28-18-22(2)30(3)20-23-10-6-5-7-11-23)29-19-24-12-8-9-13-25(24)21-31-14-16-32-17-15-31/h5-13,22H,4,14-21H2,1-3H3,(H2,27,28,29). The van der Waals surface area contributed by atoms with Crippen LogP contribution in [0.15, 0.2) is 59.6 Å². The minimum atomic E-state index is 0.382. The number of nitrogens with zero attached hydrogens (tertiary/aromatic N) is 3. The molecule has 0 aromatic heterocycles. The Hall–Kier alpha value is -2.41. The highest BCUT2D eigenvalue weighted by Gasteiger charge is 2.13. The number of morpholine rings is 1. The first-order valence-corrected chi connectivity index (χ1v) is 11.8. The van der Waals surface area contributed by atoms with Crippen molar-refractivity contribution in [1.82, 2.24) is 20.4 Å². The van der Waals surface area contributed by atoms with Gasteiger partial charge in [0.25, 0.3) is 0 Å². The summed E-state index contributed by atoms with van der Waals surface area (Å²) >= 11 is 0. The van der Waals surface area contributed by atoms with Crippen molar-refractivity contribution >= 4 is 5.96 Å². The molecule has 0 spiro atoms. The SMILES string of the molecule is CCNC(=NCc1ccccc1CN1CCOCC1)NCC(C)N(C)Cc1ccccc1. The van der Waals surface area contributed by atoms with Gasteiger partial charge in [0.15, 0.2) is 5.96 Å². The van der Waals surface area contributed by atoms with Crippen LogP contribution in [0.2, 0.25) is 0 Å². The molecule has 1 aliphatic heterocycles. The van der Waals surface area contributed by atoms with Crippen molar-refractivity contribution in [3.8, 4) is 0 Å². The number of hydrogen-bond acceptors (Lipinski definition) is 4. The van der Waals surface area contributed by atoms with E-state index in [1.165, 1.54) is 16.7 Å². The molecule has 0 radical (unpaired) electrons. The van der Waals surface area contributed by atoms with Crippen LogP contribution < -0.4 is 10.6 Å². The first-order chi connectivity index (χ1) is 15.7. The quantitative estimate of drug-likeness (QED) is 0.442. The van der Waals surface area contributed by atoms with Crippen LogP contribution in [0.1, 0.15) is 30.5 Å². The first kappa shape index (κ1) is 24.2. The van der Waals surface area contributed by atoms with Gasteiger partial charge in [-0.1, -0.05) is 54.6 Å². The smallest absolute Gasteiger partial charge is 0.191 e. The van der Waals surface area contributed by atoms with E-state index >= 15 is 0 Å². The molecule has 1 fully saturated rings. The number of rotatable bonds is 10. The Bertz CT molecular complexity index is 820. The van der Waals surface area contributed by atoms with Gasteiger partial charge in [0.2, 0.25) is 0 Å². The van der Waals surface area contributed by atoms with Crippen molar-refractivity contribution in [1.29, 1.82) is 0 Å². The Labute approximate surface area is 193 Å². The lowest BCUT2D eigenvalue weighted by molar-refractivity contribution is 0.0341. The molecule has 2 aromatic carbocycles. The Morgan fingerprint density at radius 1 is 1.03 bits per heavy atom. The van der Waals surface area contributed by atoms with E-state index in [2.05, 4.69) is 95.9 Å². The van der Waals surface area contributed by atoms with Crippen LogP contribution >= 0.6 is 0 Å². The Kier molecular flexibility index (Phi) is 10.0. The second-order valence-electron chi connectivity index (χ2n) is 8.48. The minimum Gasteiger partial charge on any atom is -0.379 e. The zero-order valence-electron chi connectivity index (χ0n) is 19.9. The van der Waals surface area contributed by atoms with E-state index in [4.69, 9.17) is 9.73 Å². The summed E-state index contributed by atoms with van der Waals surface area (Å²) in [4.78, 5) is 9.71. The molecule has 0 saturated carbocycles. The van der Waals surface area contributed by atoms with E-state index in [-0.39, 0.29) is 0 Å². The van der Waals surface area contributed by atoms with E-state index in [9.17, 15) is 0 Å². The first-order valence-electron chi connectivity index (χ1n) is 11.8. The molecule has 1 heterocycles. The van der Waals surface area contributed by atoms with Crippen LogP contribution in [0.25, 0.3) is 0 Å². The van der Waals surface area contributed by atoms with Gasteiger partial charge >= 0.3 is 0 Å². The Morgan fingerprint density at radius 3 is 2.44 bits per heavy atom. The van der Waals surface area contributed by atoms with Crippen LogP contribution in [0, 0.1) is 0 Å². The lowest BCUT2D eigenvalue weighted by atomic mass is 10.1. The highest BCUT2D eigenvalue weighted by Crippen LogP contribution is 2.14. The van der Waals surface area contributed by atoms with Crippen LogP contribution in [-0.2, 0) is 24.4 Å². The van der Waals surface area contributed by atoms with Crippen LogP contribution in [0.5, 0.6) is 0 Å². The summed E-state index contributed by atoms with van der Waals surface area (Å²) < 4.78 is 5.49. The monoisotopic (exact) mass is 437 g/mol. The molecule has 0 aliphatic carbocycles. The highest BCUT2D eigenvalue weighted by molar-refractivity contribution is 5.79. The molecule has 2 N–H and O–H groups in total. The Balaban J connectivity index is 1.55. The second kappa shape index (κ2) is 13.2. The average molecular weight is 438 g/mol. The van der Waals surface area contributed by atoms with Crippen molar-refractivity contribution in [3.63, 3.8) is 0 Å². The molecular formula is C26H39N5O. The number of guanidine groups is 1. The molecule has 0 amide bonds. The average Bonchev–Trinajstić information content (AvgIpc) is 2.82. The van der Waals surface area contributed by atoms with Crippen molar-refractivity contribution in [2.45, 2.75) is 39.5 Å². The fraction of sp³-hybridized carbons (Fsp3) is 0.500. The molecule has 2 aromatic rings. The normalized spacial score (nSPS) is 16.2. The minimum absolute atomic E-state index is 0.382. The second-order valence-corrected chi connectivity index (χ2v) is 8.48. The fourth-order valence-electron chi connectivity index (χ4n) is 3.80. The van der Waals surface area contributed by atoms with E-state index in [0.29, 0.717) is 12.6 Å². The third-order valence-corrected chi connectivity index (χ3v) is 5.96. The van der Waals surface area contributed by atoms with Gasteiger partial charge in [0, 0.05) is 45.3 Å². The van der Waals surface area contributed by atoms with Crippen molar-refractivity contribution in [2.24, 2.45) is 4.99 Å². The third-order valence-electron chi connectivity index (χ3n) is 5.96. The topological polar surface area (TPSA) is 52.1 Å². The molecular weight excluding hydrogens is 398 g/mol. The van der Waals surface area contributed by atoms with Gasteiger partial charge in [-0.15, -0.1) is 0 Å². The third kappa shape index (κ3) is 7.93. The summed E-state index contributed by atoms with van der Waals surface area (Å²) in [6.07, 6.45) is 0. The van der Waals surface area contributed by atoms with E-state index < -0.39 is 0 Å².